The average molecular weight is 234 g/mol. The molecular weight excluding hydrogens is 216 g/mol. The molecule has 1 saturated carbocycles. The summed E-state index contributed by atoms with van der Waals surface area (Å²) in [5.74, 6) is -0.278. The molecule has 2 N–H and O–H groups in total. The normalized spacial score (nSPS) is 17.9. The predicted molar refractivity (Wildman–Crippen MR) is 66.0 cm³/mol. The minimum atomic E-state index is -0.278. The summed E-state index contributed by atoms with van der Waals surface area (Å²) >= 11 is 0. The van der Waals surface area contributed by atoms with Crippen LogP contribution in [0.5, 0.6) is 0 Å². The zero-order valence-electron chi connectivity index (χ0n) is 10.1. The Bertz CT molecular complexity index is 458. The summed E-state index contributed by atoms with van der Waals surface area (Å²) in [5, 5.41) is 2.86. The Morgan fingerprint density at radius 3 is 2.82 bits per heavy atom. The second kappa shape index (κ2) is 4.73. The van der Waals surface area contributed by atoms with Crippen LogP contribution >= 0.6 is 0 Å². The van der Waals surface area contributed by atoms with E-state index in [1.165, 1.54) is 31.3 Å². The van der Waals surface area contributed by atoms with Gasteiger partial charge in [-0.15, -0.1) is 0 Å². The van der Waals surface area contributed by atoms with Gasteiger partial charge in [-0.1, -0.05) is 19.8 Å². The van der Waals surface area contributed by atoms with E-state index in [1.807, 2.05) is 0 Å². The molecule has 4 nitrogen and oxygen atoms in total. The maximum absolute atomic E-state index is 11.8. The lowest BCUT2D eigenvalue weighted by atomic mass is 9.89. The van der Waals surface area contributed by atoms with Gasteiger partial charge in [-0.05, 0) is 18.3 Å². The van der Waals surface area contributed by atoms with Crippen LogP contribution in [-0.2, 0) is 0 Å². The SMILES string of the molecule is CC1(CNC(=O)c2c[nH]ccc2=O)CCCC1. The van der Waals surface area contributed by atoms with E-state index in [0.29, 0.717) is 6.54 Å². The molecule has 0 atom stereocenters. The van der Waals surface area contributed by atoms with Crippen LogP contribution in [0.3, 0.4) is 0 Å². The van der Waals surface area contributed by atoms with E-state index in [4.69, 9.17) is 0 Å². The van der Waals surface area contributed by atoms with E-state index in [9.17, 15) is 9.59 Å². The third kappa shape index (κ3) is 2.75. The van der Waals surface area contributed by atoms with Crippen LogP contribution in [0.15, 0.2) is 23.3 Å². The van der Waals surface area contributed by atoms with Crippen molar-refractivity contribution in [3.63, 3.8) is 0 Å². The van der Waals surface area contributed by atoms with Gasteiger partial charge in [0.1, 0.15) is 5.56 Å². The van der Waals surface area contributed by atoms with Crippen molar-refractivity contribution in [2.24, 2.45) is 5.41 Å². The van der Waals surface area contributed by atoms with E-state index in [2.05, 4.69) is 17.2 Å². The second-order valence-electron chi connectivity index (χ2n) is 5.12. The Hall–Kier alpha value is -1.58. The average Bonchev–Trinajstić information content (AvgIpc) is 2.74. The fourth-order valence-corrected chi connectivity index (χ4v) is 2.39. The van der Waals surface area contributed by atoms with E-state index in [0.717, 1.165) is 12.8 Å². The molecule has 4 heteroatoms. The number of H-pyrrole nitrogens is 1. The van der Waals surface area contributed by atoms with Gasteiger partial charge in [0, 0.05) is 25.0 Å². The molecule has 0 aromatic carbocycles. The van der Waals surface area contributed by atoms with Gasteiger partial charge in [-0.2, -0.15) is 0 Å². The number of hydrogen-bond donors (Lipinski definition) is 2. The number of aromatic nitrogens is 1. The molecule has 17 heavy (non-hydrogen) atoms. The van der Waals surface area contributed by atoms with Crippen LogP contribution in [0.1, 0.15) is 43.0 Å². The molecule has 0 aliphatic heterocycles. The summed E-state index contributed by atoms with van der Waals surface area (Å²) in [5.41, 5.74) is 0.156. The van der Waals surface area contributed by atoms with Gasteiger partial charge in [-0.25, -0.2) is 0 Å². The van der Waals surface area contributed by atoms with E-state index in [-0.39, 0.29) is 22.3 Å². The lowest BCUT2D eigenvalue weighted by molar-refractivity contribution is 0.0933. The standard InChI is InChI=1S/C13H18N2O2/c1-13(5-2-3-6-13)9-15-12(17)10-8-14-7-4-11(10)16/h4,7-8H,2-3,5-6,9H2,1H3,(H,14,16)(H,15,17). The molecule has 0 spiro atoms. The molecule has 0 radical (unpaired) electrons. The number of pyridine rings is 1. The van der Waals surface area contributed by atoms with Crippen LogP contribution in [0.25, 0.3) is 0 Å². The maximum atomic E-state index is 11.8. The van der Waals surface area contributed by atoms with Gasteiger partial charge in [0.05, 0.1) is 0 Å². The van der Waals surface area contributed by atoms with Crippen LogP contribution in [0.2, 0.25) is 0 Å². The zero-order valence-corrected chi connectivity index (χ0v) is 10.1. The van der Waals surface area contributed by atoms with Crippen molar-refractivity contribution in [2.45, 2.75) is 32.6 Å². The predicted octanol–water partition coefficient (Wildman–Crippen LogP) is 1.69. The van der Waals surface area contributed by atoms with Gasteiger partial charge in [0.15, 0.2) is 5.43 Å². The van der Waals surface area contributed by atoms with Crippen LogP contribution in [0, 0.1) is 5.41 Å². The van der Waals surface area contributed by atoms with Crippen molar-refractivity contribution in [1.82, 2.24) is 10.3 Å². The van der Waals surface area contributed by atoms with E-state index in [1.54, 1.807) is 0 Å². The van der Waals surface area contributed by atoms with Crippen LogP contribution < -0.4 is 10.7 Å². The first kappa shape index (κ1) is 11.9. The van der Waals surface area contributed by atoms with Crippen molar-refractivity contribution in [3.8, 4) is 0 Å². The molecule has 1 aliphatic rings. The number of rotatable bonds is 3. The molecule has 1 heterocycles. The highest BCUT2D eigenvalue weighted by molar-refractivity contribution is 5.93. The van der Waals surface area contributed by atoms with Crippen molar-refractivity contribution in [1.29, 1.82) is 0 Å². The molecule has 1 aliphatic carbocycles. The number of aromatic amines is 1. The molecule has 2 rings (SSSR count). The summed E-state index contributed by atoms with van der Waals surface area (Å²) < 4.78 is 0. The summed E-state index contributed by atoms with van der Waals surface area (Å²) in [7, 11) is 0. The number of nitrogens with one attached hydrogen (secondary N) is 2. The fourth-order valence-electron chi connectivity index (χ4n) is 2.39. The molecular formula is C13H18N2O2. The van der Waals surface area contributed by atoms with Crippen molar-refractivity contribution >= 4 is 5.91 Å². The number of carbonyl (C=O) groups excluding carboxylic acids is 1. The number of carbonyl (C=O) groups is 1. The summed E-state index contributed by atoms with van der Waals surface area (Å²) in [6.45, 7) is 2.84. The van der Waals surface area contributed by atoms with Gasteiger partial charge < -0.3 is 10.3 Å². The molecule has 0 unspecified atom stereocenters. The Morgan fingerprint density at radius 2 is 2.18 bits per heavy atom. The first-order valence-corrected chi connectivity index (χ1v) is 6.06. The van der Waals surface area contributed by atoms with E-state index >= 15 is 0 Å². The van der Waals surface area contributed by atoms with Crippen molar-refractivity contribution in [3.05, 3.63) is 34.2 Å². The third-order valence-electron chi connectivity index (χ3n) is 3.56. The highest BCUT2D eigenvalue weighted by Gasteiger charge is 2.29. The monoisotopic (exact) mass is 234 g/mol. The fraction of sp³-hybridized carbons (Fsp3) is 0.538. The second-order valence-corrected chi connectivity index (χ2v) is 5.12. The Labute approximate surface area is 100 Å². The minimum absolute atomic E-state index is 0.189. The summed E-state index contributed by atoms with van der Waals surface area (Å²) in [4.78, 5) is 26.0. The topological polar surface area (TPSA) is 62.0 Å². The molecule has 1 fully saturated rings. The Kier molecular flexibility index (Phi) is 3.31. The summed E-state index contributed by atoms with van der Waals surface area (Å²) in [6.07, 6.45) is 7.75. The van der Waals surface area contributed by atoms with Gasteiger partial charge in [0.25, 0.3) is 5.91 Å². The van der Waals surface area contributed by atoms with E-state index < -0.39 is 0 Å². The van der Waals surface area contributed by atoms with Crippen molar-refractivity contribution in [2.75, 3.05) is 6.54 Å². The largest absolute Gasteiger partial charge is 0.367 e. The molecule has 0 saturated heterocycles. The molecule has 1 aromatic rings. The molecule has 0 bridgehead atoms. The van der Waals surface area contributed by atoms with Crippen molar-refractivity contribution < 1.29 is 4.79 Å². The molecule has 92 valence electrons. The first-order chi connectivity index (χ1) is 8.11. The summed E-state index contributed by atoms with van der Waals surface area (Å²) in [6, 6.07) is 1.37. The molecule has 1 aromatic heterocycles. The van der Waals surface area contributed by atoms with Gasteiger partial charge in [0.2, 0.25) is 0 Å². The van der Waals surface area contributed by atoms with Gasteiger partial charge >= 0.3 is 0 Å². The smallest absolute Gasteiger partial charge is 0.256 e. The highest BCUT2D eigenvalue weighted by atomic mass is 16.2. The Morgan fingerprint density at radius 1 is 1.47 bits per heavy atom. The zero-order chi connectivity index (χ0) is 12.3. The highest BCUT2D eigenvalue weighted by Crippen LogP contribution is 2.36. The maximum Gasteiger partial charge on any atom is 0.256 e. The van der Waals surface area contributed by atoms with Crippen LogP contribution in [-0.4, -0.2) is 17.4 Å². The third-order valence-corrected chi connectivity index (χ3v) is 3.56. The molecule has 1 amide bonds. The quantitative estimate of drug-likeness (QED) is 0.836. The minimum Gasteiger partial charge on any atom is -0.367 e. The number of amides is 1. The lowest BCUT2D eigenvalue weighted by Crippen LogP contribution is -2.36. The first-order valence-electron chi connectivity index (χ1n) is 6.06. The van der Waals surface area contributed by atoms with Crippen LogP contribution in [0.4, 0.5) is 0 Å². The lowest BCUT2D eigenvalue weighted by Gasteiger charge is -2.23. The van der Waals surface area contributed by atoms with Gasteiger partial charge in [-0.3, -0.25) is 9.59 Å². The number of hydrogen-bond acceptors (Lipinski definition) is 2. The Balaban J connectivity index is 1.98.